The van der Waals surface area contributed by atoms with E-state index in [0.29, 0.717) is 11.8 Å². The first-order valence-electron chi connectivity index (χ1n) is 5.47. The summed E-state index contributed by atoms with van der Waals surface area (Å²) >= 11 is 0. The molecule has 0 radical (unpaired) electrons. The van der Waals surface area contributed by atoms with Crippen LogP contribution >= 0.6 is 0 Å². The highest BCUT2D eigenvalue weighted by atomic mass is 16.4. The highest BCUT2D eigenvalue weighted by molar-refractivity contribution is 5.68. The fourth-order valence-electron chi connectivity index (χ4n) is 1.41. The van der Waals surface area contributed by atoms with Crippen LogP contribution in [0, 0.1) is 6.92 Å². The Hall–Kier alpha value is -2.21. The van der Waals surface area contributed by atoms with E-state index < -0.39 is 5.97 Å². The first-order valence-corrected chi connectivity index (χ1v) is 5.47. The molecule has 1 aromatic carbocycles. The van der Waals surface area contributed by atoms with Crippen LogP contribution in [0.25, 0.3) is 11.5 Å². The van der Waals surface area contributed by atoms with Gasteiger partial charge in [0.1, 0.15) is 0 Å². The van der Waals surface area contributed by atoms with Crippen LogP contribution in [0.3, 0.4) is 0 Å². The van der Waals surface area contributed by atoms with Gasteiger partial charge in [0.25, 0.3) is 0 Å². The molecule has 0 aliphatic heterocycles. The summed E-state index contributed by atoms with van der Waals surface area (Å²) in [4.78, 5) is 10.3. The number of aromatic nitrogens is 2. The predicted octanol–water partition coefficient (Wildman–Crippen LogP) is 1.22. The number of aryl methyl sites for hydroxylation is 1. The topological polar surface area (TPSA) is 88.2 Å². The molecule has 0 amide bonds. The first-order chi connectivity index (χ1) is 8.65. The zero-order chi connectivity index (χ0) is 13.0. The van der Waals surface area contributed by atoms with Crippen LogP contribution < -0.4 is 5.32 Å². The molecule has 0 atom stereocenters. The lowest BCUT2D eigenvalue weighted by Gasteiger charge is -1.96. The Labute approximate surface area is 104 Å². The van der Waals surface area contributed by atoms with Gasteiger partial charge in [-0.15, -0.1) is 10.2 Å². The quantitative estimate of drug-likeness (QED) is 0.825. The molecule has 2 N–H and O–H groups in total. The first kappa shape index (κ1) is 12.3. The molecular formula is C12H13N3O3. The van der Waals surface area contributed by atoms with Crippen molar-refractivity contribution >= 4 is 5.97 Å². The van der Waals surface area contributed by atoms with Crippen molar-refractivity contribution < 1.29 is 14.3 Å². The van der Waals surface area contributed by atoms with Gasteiger partial charge in [-0.3, -0.25) is 10.1 Å². The van der Waals surface area contributed by atoms with Gasteiger partial charge in [0.05, 0.1) is 13.1 Å². The van der Waals surface area contributed by atoms with Crippen molar-refractivity contribution in [3.63, 3.8) is 0 Å². The Bertz CT molecular complexity index is 534. The molecule has 0 bridgehead atoms. The molecule has 94 valence electrons. The molecule has 1 heterocycles. The number of carboxylic acid groups (broad SMARTS) is 1. The van der Waals surface area contributed by atoms with Gasteiger partial charge >= 0.3 is 5.97 Å². The van der Waals surface area contributed by atoms with E-state index in [9.17, 15) is 4.79 Å². The second-order valence-electron chi connectivity index (χ2n) is 3.86. The second-order valence-corrected chi connectivity index (χ2v) is 3.86. The van der Waals surface area contributed by atoms with Gasteiger partial charge in [-0.25, -0.2) is 0 Å². The Morgan fingerprint density at radius 2 is 2.06 bits per heavy atom. The number of carbonyl (C=O) groups is 1. The summed E-state index contributed by atoms with van der Waals surface area (Å²) in [5.74, 6) is -0.123. The molecule has 0 saturated carbocycles. The monoisotopic (exact) mass is 247 g/mol. The van der Waals surface area contributed by atoms with Crippen molar-refractivity contribution in [3.05, 3.63) is 35.7 Å². The van der Waals surface area contributed by atoms with E-state index in [0.717, 1.165) is 11.1 Å². The zero-order valence-electron chi connectivity index (χ0n) is 9.88. The van der Waals surface area contributed by atoms with Crippen molar-refractivity contribution in [1.29, 1.82) is 0 Å². The van der Waals surface area contributed by atoms with E-state index >= 15 is 0 Å². The van der Waals surface area contributed by atoms with Gasteiger partial charge in [-0.2, -0.15) is 0 Å². The highest BCUT2D eigenvalue weighted by Gasteiger charge is 2.08. The van der Waals surface area contributed by atoms with E-state index in [-0.39, 0.29) is 13.1 Å². The molecule has 0 fully saturated rings. The van der Waals surface area contributed by atoms with E-state index in [1.807, 2.05) is 31.2 Å². The SMILES string of the molecule is Cc1ccc(-c2nnc(CNCC(=O)O)o2)cc1. The lowest BCUT2D eigenvalue weighted by Crippen LogP contribution is -2.21. The zero-order valence-corrected chi connectivity index (χ0v) is 9.88. The molecule has 0 unspecified atom stereocenters. The maximum atomic E-state index is 10.3. The summed E-state index contributed by atoms with van der Waals surface area (Å²) in [6.07, 6.45) is 0. The fourth-order valence-corrected chi connectivity index (χ4v) is 1.41. The minimum atomic E-state index is -0.923. The summed E-state index contributed by atoms with van der Waals surface area (Å²) in [7, 11) is 0. The normalized spacial score (nSPS) is 10.5. The smallest absolute Gasteiger partial charge is 0.317 e. The van der Waals surface area contributed by atoms with Crippen LogP contribution in [0.2, 0.25) is 0 Å². The van der Waals surface area contributed by atoms with Crippen molar-refractivity contribution in [1.82, 2.24) is 15.5 Å². The number of hydrogen-bond acceptors (Lipinski definition) is 5. The number of nitrogens with one attached hydrogen (secondary N) is 1. The number of carboxylic acids is 1. The molecule has 1 aromatic heterocycles. The molecule has 2 aromatic rings. The minimum Gasteiger partial charge on any atom is -0.480 e. The van der Waals surface area contributed by atoms with Crippen molar-refractivity contribution in [3.8, 4) is 11.5 Å². The third-order valence-electron chi connectivity index (χ3n) is 2.32. The second kappa shape index (κ2) is 5.42. The predicted molar refractivity (Wildman–Crippen MR) is 63.8 cm³/mol. The molecule has 0 aliphatic rings. The van der Waals surface area contributed by atoms with Crippen molar-refractivity contribution in [2.45, 2.75) is 13.5 Å². The van der Waals surface area contributed by atoms with Crippen LogP contribution in [0.4, 0.5) is 0 Å². The van der Waals surface area contributed by atoms with Crippen molar-refractivity contribution in [2.24, 2.45) is 0 Å². The molecule has 6 heteroatoms. The van der Waals surface area contributed by atoms with Crippen LogP contribution in [-0.4, -0.2) is 27.8 Å². The average molecular weight is 247 g/mol. The molecule has 0 saturated heterocycles. The largest absolute Gasteiger partial charge is 0.480 e. The Morgan fingerprint density at radius 3 is 2.72 bits per heavy atom. The van der Waals surface area contributed by atoms with Crippen LogP contribution in [0.1, 0.15) is 11.5 Å². The lowest BCUT2D eigenvalue weighted by atomic mass is 10.1. The van der Waals surface area contributed by atoms with Gasteiger partial charge in [-0.1, -0.05) is 17.7 Å². The number of benzene rings is 1. The van der Waals surface area contributed by atoms with Gasteiger partial charge in [0.15, 0.2) is 0 Å². The van der Waals surface area contributed by atoms with Gasteiger partial charge in [-0.05, 0) is 19.1 Å². The van der Waals surface area contributed by atoms with E-state index in [2.05, 4.69) is 15.5 Å². The minimum absolute atomic E-state index is 0.137. The molecule has 0 aliphatic carbocycles. The number of rotatable bonds is 5. The van der Waals surface area contributed by atoms with Crippen LogP contribution in [0.5, 0.6) is 0 Å². The number of nitrogens with zero attached hydrogens (tertiary/aromatic N) is 2. The highest BCUT2D eigenvalue weighted by Crippen LogP contribution is 2.17. The fraction of sp³-hybridized carbons (Fsp3) is 0.250. The number of aliphatic carboxylic acids is 1. The van der Waals surface area contributed by atoms with Crippen molar-refractivity contribution in [2.75, 3.05) is 6.54 Å². The lowest BCUT2D eigenvalue weighted by molar-refractivity contribution is -0.136. The van der Waals surface area contributed by atoms with E-state index in [1.165, 1.54) is 0 Å². The van der Waals surface area contributed by atoms with E-state index in [1.54, 1.807) is 0 Å². The summed E-state index contributed by atoms with van der Waals surface area (Å²) < 4.78 is 5.41. The maximum absolute atomic E-state index is 10.3. The Balaban J connectivity index is 2.01. The van der Waals surface area contributed by atoms with Crippen LogP contribution in [-0.2, 0) is 11.3 Å². The van der Waals surface area contributed by atoms with Gasteiger partial charge in [0, 0.05) is 5.56 Å². The Morgan fingerprint density at radius 1 is 1.33 bits per heavy atom. The van der Waals surface area contributed by atoms with Crippen LogP contribution in [0.15, 0.2) is 28.7 Å². The average Bonchev–Trinajstić information content (AvgIpc) is 2.78. The summed E-state index contributed by atoms with van der Waals surface area (Å²) in [6.45, 7) is 2.10. The van der Waals surface area contributed by atoms with E-state index in [4.69, 9.17) is 9.52 Å². The molecule has 6 nitrogen and oxygen atoms in total. The summed E-state index contributed by atoms with van der Waals surface area (Å²) in [6, 6.07) is 7.72. The maximum Gasteiger partial charge on any atom is 0.317 e. The third kappa shape index (κ3) is 3.14. The molecule has 18 heavy (non-hydrogen) atoms. The Kier molecular flexibility index (Phi) is 3.69. The van der Waals surface area contributed by atoms with Gasteiger partial charge < -0.3 is 9.52 Å². The third-order valence-corrected chi connectivity index (χ3v) is 2.32. The van der Waals surface area contributed by atoms with Gasteiger partial charge in [0.2, 0.25) is 11.8 Å². The molecule has 0 spiro atoms. The molecule has 2 rings (SSSR count). The standard InChI is InChI=1S/C12H13N3O3/c1-8-2-4-9(5-3-8)12-15-14-10(18-12)6-13-7-11(16)17/h2-5,13H,6-7H2,1H3,(H,16,17). The summed E-state index contributed by atoms with van der Waals surface area (Å²) in [5, 5.41) is 18.9. The molecular weight excluding hydrogens is 234 g/mol. The summed E-state index contributed by atoms with van der Waals surface area (Å²) in [5.41, 5.74) is 2.00. The number of hydrogen-bond donors (Lipinski definition) is 2.